The van der Waals surface area contributed by atoms with Crippen LogP contribution in [0, 0.1) is 11.7 Å². The lowest BCUT2D eigenvalue weighted by molar-refractivity contribution is 0.242. The van der Waals surface area contributed by atoms with Gasteiger partial charge in [-0.1, -0.05) is 18.9 Å². The fourth-order valence-corrected chi connectivity index (χ4v) is 4.03. The molecule has 0 aromatic heterocycles. The largest absolute Gasteiger partial charge is 0.366 e. The van der Waals surface area contributed by atoms with Crippen LogP contribution in [-0.4, -0.2) is 19.1 Å². The molecule has 3 heteroatoms. The number of piperidine rings is 1. The molecule has 0 spiro atoms. The van der Waals surface area contributed by atoms with Crippen LogP contribution in [0.2, 0.25) is 0 Å². The van der Waals surface area contributed by atoms with Crippen molar-refractivity contribution in [3.05, 3.63) is 29.6 Å². The van der Waals surface area contributed by atoms with Crippen LogP contribution in [-0.2, 0) is 6.42 Å². The molecule has 110 valence electrons. The van der Waals surface area contributed by atoms with E-state index in [4.69, 9.17) is 5.73 Å². The highest BCUT2D eigenvalue weighted by Gasteiger charge is 2.34. The van der Waals surface area contributed by atoms with Gasteiger partial charge in [-0.2, -0.15) is 0 Å². The monoisotopic (exact) mass is 276 g/mol. The van der Waals surface area contributed by atoms with Gasteiger partial charge in [-0.3, -0.25) is 0 Å². The van der Waals surface area contributed by atoms with E-state index in [-0.39, 0.29) is 5.82 Å². The van der Waals surface area contributed by atoms with Gasteiger partial charge >= 0.3 is 0 Å². The molecule has 0 amide bonds. The molecule has 1 aromatic carbocycles. The highest BCUT2D eigenvalue weighted by Crippen LogP contribution is 2.38. The lowest BCUT2D eigenvalue weighted by Gasteiger charge is -2.45. The minimum atomic E-state index is -0.0674. The van der Waals surface area contributed by atoms with Gasteiger partial charge < -0.3 is 10.6 Å². The van der Waals surface area contributed by atoms with Gasteiger partial charge in [0.2, 0.25) is 0 Å². The zero-order valence-electron chi connectivity index (χ0n) is 12.2. The number of anilines is 1. The first kappa shape index (κ1) is 13.9. The molecule has 0 bridgehead atoms. The molecule has 1 saturated heterocycles. The average Bonchev–Trinajstić information content (AvgIpc) is 2.47. The summed E-state index contributed by atoms with van der Waals surface area (Å²) in [6.07, 6.45) is 8.49. The molecule has 1 aliphatic heterocycles. The molecule has 20 heavy (non-hydrogen) atoms. The summed E-state index contributed by atoms with van der Waals surface area (Å²) in [5, 5.41) is 0. The van der Waals surface area contributed by atoms with E-state index in [0.717, 1.165) is 30.1 Å². The number of benzene rings is 1. The van der Waals surface area contributed by atoms with Gasteiger partial charge in [-0.05, 0) is 62.3 Å². The van der Waals surface area contributed by atoms with Crippen LogP contribution in [0.25, 0.3) is 0 Å². The number of hydrogen-bond donors (Lipinski definition) is 1. The maximum Gasteiger partial charge on any atom is 0.146 e. The van der Waals surface area contributed by atoms with Gasteiger partial charge in [-0.25, -0.2) is 4.39 Å². The molecule has 0 unspecified atom stereocenters. The van der Waals surface area contributed by atoms with Gasteiger partial charge in [0.15, 0.2) is 0 Å². The molecule has 1 saturated carbocycles. The average molecular weight is 276 g/mol. The Morgan fingerprint density at radius 2 is 1.95 bits per heavy atom. The molecule has 1 aromatic rings. The van der Waals surface area contributed by atoms with Crippen molar-refractivity contribution in [3.63, 3.8) is 0 Å². The van der Waals surface area contributed by atoms with Crippen molar-refractivity contribution in [2.45, 2.75) is 51.0 Å². The Morgan fingerprint density at radius 3 is 2.75 bits per heavy atom. The van der Waals surface area contributed by atoms with Crippen LogP contribution < -0.4 is 10.6 Å². The number of hydrogen-bond acceptors (Lipinski definition) is 2. The molecular weight excluding hydrogens is 251 g/mol. The summed E-state index contributed by atoms with van der Waals surface area (Å²) in [7, 11) is 0. The van der Waals surface area contributed by atoms with Crippen molar-refractivity contribution in [2.75, 3.05) is 18.0 Å². The second kappa shape index (κ2) is 6.13. The van der Waals surface area contributed by atoms with Gasteiger partial charge in [0.1, 0.15) is 5.82 Å². The lowest BCUT2D eigenvalue weighted by Crippen LogP contribution is -2.47. The Hall–Kier alpha value is -1.09. The Morgan fingerprint density at radius 1 is 1.15 bits per heavy atom. The topological polar surface area (TPSA) is 29.3 Å². The lowest BCUT2D eigenvalue weighted by atomic mass is 9.78. The number of fused-ring (bicyclic) bond motifs is 1. The first-order valence-corrected chi connectivity index (χ1v) is 8.04. The fraction of sp³-hybridized carbons (Fsp3) is 0.647. The summed E-state index contributed by atoms with van der Waals surface area (Å²) < 4.78 is 14.4. The van der Waals surface area contributed by atoms with Gasteiger partial charge in [0.25, 0.3) is 0 Å². The highest BCUT2D eigenvalue weighted by atomic mass is 19.1. The Kier molecular flexibility index (Phi) is 4.25. The van der Waals surface area contributed by atoms with Crippen LogP contribution in [0.15, 0.2) is 18.2 Å². The van der Waals surface area contributed by atoms with E-state index in [2.05, 4.69) is 4.90 Å². The van der Waals surface area contributed by atoms with Crippen molar-refractivity contribution in [2.24, 2.45) is 11.7 Å². The minimum Gasteiger partial charge on any atom is -0.366 e. The minimum absolute atomic E-state index is 0.0674. The van der Waals surface area contributed by atoms with Crippen LogP contribution in [0.1, 0.15) is 44.1 Å². The number of rotatable bonds is 3. The standard InChI is InChI=1S/C17H25FN2/c18-15-12-13(9-10-19)7-8-17(15)20-11-3-5-14-4-1-2-6-16(14)20/h7-8,12,14,16H,1-6,9-11,19H2/t14-,16-/m1/s1. The van der Waals surface area contributed by atoms with Gasteiger partial charge in [0.05, 0.1) is 5.69 Å². The molecule has 2 fully saturated rings. The maximum absolute atomic E-state index is 14.4. The number of nitrogens with zero attached hydrogens (tertiary/aromatic N) is 1. The van der Waals surface area contributed by atoms with E-state index < -0.39 is 0 Å². The Labute approximate surface area is 121 Å². The Bertz CT molecular complexity index is 458. The molecule has 0 radical (unpaired) electrons. The maximum atomic E-state index is 14.4. The third-order valence-electron chi connectivity index (χ3n) is 5.00. The molecule has 3 rings (SSSR count). The summed E-state index contributed by atoms with van der Waals surface area (Å²) in [6.45, 7) is 1.58. The van der Waals surface area contributed by atoms with Gasteiger partial charge in [0, 0.05) is 12.6 Å². The van der Waals surface area contributed by atoms with E-state index in [1.165, 1.54) is 38.5 Å². The molecule has 2 N–H and O–H groups in total. The van der Waals surface area contributed by atoms with Crippen molar-refractivity contribution in [1.29, 1.82) is 0 Å². The number of nitrogens with two attached hydrogens (primary N) is 1. The zero-order chi connectivity index (χ0) is 13.9. The zero-order valence-corrected chi connectivity index (χ0v) is 12.2. The van der Waals surface area contributed by atoms with E-state index >= 15 is 0 Å². The molecule has 1 heterocycles. The molecule has 2 nitrogen and oxygen atoms in total. The Balaban J connectivity index is 1.83. The van der Waals surface area contributed by atoms with Gasteiger partial charge in [-0.15, -0.1) is 0 Å². The smallest absolute Gasteiger partial charge is 0.146 e. The van der Waals surface area contributed by atoms with Crippen LogP contribution in [0.5, 0.6) is 0 Å². The summed E-state index contributed by atoms with van der Waals surface area (Å²) in [5.41, 5.74) is 7.36. The predicted octanol–water partition coefficient (Wildman–Crippen LogP) is 3.49. The van der Waals surface area contributed by atoms with Crippen LogP contribution in [0.3, 0.4) is 0 Å². The van der Waals surface area contributed by atoms with E-state index in [0.29, 0.717) is 12.6 Å². The van der Waals surface area contributed by atoms with Crippen molar-refractivity contribution in [1.82, 2.24) is 0 Å². The highest BCUT2D eigenvalue weighted by molar-refractivity contribution is 5.51. The summed E-state index contributed by atoms with van der Waals surface area (Å²) in [6, 6.07) is 6.25. The molecule has 2 aliphatic rings. The van der Waals surface area contributed by atoms with Crippen LogP contribution in [0.4, 0.5) is 10.1 Å². The first-order valence-electron chi connectivity index (χ1n) is 8.04. The molecule has 2 atom stereocenters. The summed E-state index contributed by atoms with van der Waals surface area (Å²) in [5.74, 6) is 0.711. The summed E-state index contributed by atoms with van der Waals surface area (Å²) >= 11 is 0. The SMILES string of the molecule is NCCc1ccc(N2CCC[C@H]3CCCC[C@H]32)c(F)c1. The van der Waals surface area contributed by atoms with Crippen LogP contribution >= 0.6 is 0 Å². The predicted molar refractivity (Wildman–Crippen MR) is 81.5 cm³/mol. The second-order valence-electron chi connectivity index (χ2n) is 6.27. The quantitative estimate of drug-likeness (QED) is 0.915. The van der Waals surface area contributed by atoms with Crippen molar-refractivity contribution < 1.29 is 4.39 Å². The normalized spacial score (nSPS) is 26.4. The second-order valence-corrected chi connectivity index (χ2v) is 6.27. The van der Waals surface area contributed by atoms with E-state index in [1.54, 1.807) is 6.07 Å². The summed E-state index contributed by atoms with van der Waals surface area (Å²) in [4.78, 5) is 2.34. The van der Waals surface area contributed by atoms with E-state index in [1.807, 2.05) is 12.1 Å². The number of halogens is 1. The fourth-order valence-electron chi connectivity index (χ4n) is 4.03. The first-order chi connectivity index (χ1) is 9.79. The third-order valence-corrected chi connectivity index (χ3v) is 5.00. The molecular formula is C17H25FN2. The molecule has 1 aliphatic carbocycles. The van der Waals surface area contributed by atoms with Crippen molar-refractivity contribution in [3.8, 4) is 0 Å². The van der Waals surface area contributed by atoms with E-state index in [9.17, 15) is 4.39 Å². The third kappa shape index (κ3) is 2.69. The van der Waals surface area contributed by atoms with Crippen molar-refractivity contribution >= 4 is 5.69 Å².